The lowest BCUT2D eigenvalue weighted by molar-refractivity contribution is -0.135. The topological polar surface area (TPSA) is 97.4 Å². The SMILES string of the molecule is COc1c2c(cc3c1[C@H](c1ccc4c(c1)OCO4)CC(=O)O3)C=CCCCC(=O)CCC[C@@H](C)OC2=O. The Kier molecular flexibility index (Phi) is 7.17. The molecule has 3 heterocycles. The van der Waals surface area contributed by atoms with E-state index in [1.165, 1.54) is 7.11 Å². The van der Waals surface area contributed by atoms with Crippen LogP contribution < -0.4 is 18.9 Å². The summed E-state index contributed by atoms with van der Waals surface area (Å²) >= 11 is 0. The van der Waals surface area contributed by atoms with Crippen molar-refractivity contribution in [2.75, 3.05) is 13.9 Å². The largest absolute Gasteiger partial charge is 0.495 e. The van der Waals surface area contributed by atoms with Crippen LogP contribution in [-0.4, -0.2) is 37.7 Å². The van der Waals surface area contributed by atoms with E-state index in [9.17, 15) is 14.4 Å². The molecule has 0 unspecified atom stereocenters. The Labute approximate surface area is 215 Å². The molecule has 0 amide bonds. The molecule has 5 rings (SSSR count). The van der Waals surface area contributed by atoms with Gasteiger partial charge in [-0.05, 0) is 61.9 Å². The van der Waals surface area contributed by atoms with Gasteiger partial charge in [-0.3, -0.25) is 9.59 Å². The number of cyclic esters (lactones) is 1. The molecule has 37 heavy (non-hydrogen) atoms. The quantitative estimate of drug-likeness (QED) is 0.397. The lowest BCUT2D eigenvalue weighted by Gasteiger charge is -2.29. The highest BCUT2D eigenvalue weighted by Crippen LogP contribution is 2.49. The highest BCUT2D eigenvalue weighted by molar-refractivity contribution is 5.99. The van der Waals surface area contributed by atoms with Gasteiger partial charge < -0.3 is 23.7 Å². The molecule has 2 aromatic rings. The summed E-state index contributed by atoms with van der Waals surface area (Å²) in [6.45, 7) is 1.97. The van der Waals surface area contributed by atoms with Crippen LogP contribution in [0.2, 0.25) is 0 Å². The molecule has 2 atom stereocenters. The van der Waals surface area contributed by atoms with Gasteiger partial charge in [0.25, 0.3) is 0 Å². The third kappa shape index (κ3) is 5.19. The monoisotopic (exact) mass is 506 g/mol. The maximum atomic E-state index is 13.5. The average Bonchev–Trinajstić information content (AvgIpc) is 3.34. The predicted molar refractivity (Wildman–Crippen MR) is 134 cm³/mol. The average molecular weight is 507 g/mol. The lowest BCUT2D eigenvalue weighted by Crippen LogP contribution is -2.24. The Bertz CT molecular complexity index is 1260. The Morgan fingerprint density at radius 1 is 0.973 bits per heavy atom. The molecule has 3 aliphatic heterocycles. The lowest BCUT2D eigenvalue weighted by atomic mass is 9.83. The molecule has 2 aromatic carbocycles. The molecule has 3 aliphatic rings. The van der Waals surface area contributed by atoms with Crippen LogP contribution in [0.5, 0.6) is 23.0 Å². The molecular weight excluding hydrogens is 476 g/mol. The first-order valence-corrected chi connectivity index (χ1v) is 12.7. The van der Waals surface area contributed by atoms with Crippen LogP contribution in [0.1, 0.15) is 84.8 Å². The minimum atomic E-state index is -0.517. The van der Waals surface area contributed by atoms with Gasteiger partial charge in [0.15, 0.2) is 11.5 Å². The van der Waals surface area contributed by atoms with Crippen molar-refractivity contribution >= 4 is 23.8 Å². The number of benzene rings is 2. The molecule has 0 radical (unpaired) electrons. The van der Waals surface area contributed by atoms with Crippen LogP contribution in [0.15, 0.2) is 30.3 Å². The Balaban J connectivity index is 1.62. The maximum Gasteiger partial charge on any atom is 0.342 e. The number of carbonyl (C=O) groups is 3. The van der Waals surface area contributed by atoms with Crippen LogP contribution in [0.3, 0.4) is 0 Å². The van der Waals surface area contributed by atoms with E-state index >= 15 is 0 Å². The Morgan fingerprint density at radius 2 is 1.78 bits per heavy atom. The number of esters is 2. The molecular formula is C29H30O8. The van der Waals surface area contributed by atoms with Gasteiger partial charge in [0.05, 0.1) is 19.6 Å². The van der Waals surface area contributed by atoms with Crippen molar-refractivity contribution in [2.24, 2.45) is 0 Å². The molecule has 0 saturated carbocycles. The van der Waals surface area contributed by atoms with Crippen LogP contribution in [0, 0.1) is 0 Å². The fourth-order valence-corrected chi connectivity index (χ4v) is 5.12. The number of hydrogen-bond donors (Lipinski definition) is 0. The molecule has 0 N–H and O–H groups in total. The van der Waals surface area contributed by atoms with E-state index in [0.717, 1.165) is 12.0 Å². The molecule has 194 valence electrons. The number of allylic oxidation sites excluding steroid dienone is 1. The zero-order valence-corrected chi connectivity index (χ0v) is 21.0. The summed E-state index contributed by atoms with van der Waals surface area (Å²) in [4.78, 5) is 38.3. The van der Waals surface area contributed by atoms with Crippen molar-refractivity contribution in [1.82, 2.24) is 0 Å². The van der Waals surface area contributed by atoms with Crippen molar-refractivity contribution in [2.45, 2.75) is 63.9 Å². The molecule has 0 aliphatic carbocycles. The molecule has 0 saturated heterocycles. The molecule has 8 heteroatoms. The van der Waals surface area contributed by atoms with Gasteiger partial charge >= 0.3 is 11.9 Å². The number of ether oxygens (including phenoxy) is 5. The molecule has 0 spiro atoms. The van der Waals surface area contributed by atoms with Gasteiger partial charge in [0, 0.05) is 24.3 Å². The van der Waals surface area contributed by atoms with Gasteiger partial charge in [-0.1, -0.05) is 18.2 Å². The normalized spacial score (nSPS) is 21.8. The van der Waals surface area contributed by atoms with Gasteiger partial charge in [-0.25, -0.2) is 4.79 Å². The standard InChI is InChI=1S/C29H30O8/c1-17-7-6-10-20(30)9-5-3-4-8-19-14-24-27(28(33-2)26(19)29(32)36-17)21(15-25(31)37-24)18-11-12-22-23(13-18)35-16-34-22/h4,8,11-14,17,21H,3,5-7,9-10,15-16H2,1-2H3/t17-,21+/m1/s1. The minimum absolute atomic E-state index is 0.0805. The fraction of sp³-hybridized carbons (Fsp3) is 0.414. The maximum absolute atomic E-state index is 13.5. The summed E-state index contributed by atoms with van der Waals surface area (Å²) in [7, 11) is 1.50. The number of ketones is 1. The van der Waals surface area contributed by atoms with Crippen LogP contribution >= 0.6 is 0 Å². The van der Waals surface area contributed by atoms with Crippen LogP contribution in [-0.2, 0) is 14.3 Å². The second-order valence-electron chi connectivity index (χ2n) is 9.57. The highest BCUT2D eigenvalue weighted by atomic mass is 16.7. The van der Waals surface area contributed by atoms with E-state index in [0.29, 0.717) is 71.8 Å². The molecule has 0 aromatic heterocycles. The fourth-order valence-electron chi connectivity index (χ4n) is 5.12. The second-order valence-corrected chi connectivity index (χ2v) is 9.57. The van der Waals surface area contributed by atoms with Gasteiger partial charge in [-0.15, -0.1) is 0 Å². The van der Waals surface area contributed by atoms with Crippen LogP contribution in [0.25, 0.3) is 6.08 Å². The summed E-state index contributed by atoms with van der Waals surface area (Å²) in [5, 5.41) is 0. The summed E-state index contributed by atoms with van der Waals surface area (Å²) in [5.74, 6) is 0.824. The summed E-state index contributed by atoms with van der Waals surface area (Å²) in [6, 6.07) is 7.24. The molecule has 8 nitrogen and oxygen atoms in total. The van der Waals surface area contributed by atoms with E-state index < -0.39 is 11.9 Å². The number of fused-ring (bicyclic) bond motifs is 3. The van der Waals surface area contributed by atoms with Gasteiger partial charge in [0.1, 0.15) is 22.8 Å². The van der Waals surface area contributed by atoms with E-state index in [4.69, 9.17) is 23.7 Å². The summed E-state index contributed by atoms with van der Waals surface area (Å²) < 4.78 is 28.3. The van der Waals surface area contributed by atoms with Gasteiger partial charge in [-0.2, -0.15) is 0 Å². The number of hydrogen-bond acceptors (Lipinski definition) is 8. The first-order chi connectivity index (χ1) is 17.9. The van der Waals surface area contributed by atoms with E-state index in [1.54, 1.807) is 12.1 Å². The van der Waals surface area contributed by atoms with Crippen molar-refractivity contribution in [3.05, 3.63) is 52.6 Å². The first kappa shape index (κ1) is 24.9. The summed E-state index contributed by atoms with van der Waals surface area (Å²) in [5.41, 5.74) is 2.27. The van der Waals surface area contributed by atoms with Gasteiger partial charge in [0.2, 0.25) is 6.79 Å². The van der Waals surface area contributed by atoms with Crippen molar-refractivity contribution in [3.63, 3.8) is 0 Å². The predicted octanol–water partition coefficient (Wildman–Crippen LogP) is 5.35. The van der Waals surface area contributed by atoms with E-state index in [2.05, 4.69) is 0 Å². The Hall–Kier alpha value is -3.81. The zero-order chi connectivity index (χ0) is 25.9. The third-order valence-electron chi connectivity index (χ3n) is 6.96. The van der Waals surface area contributed by atoms with Crippen molar-refractivity contribution < 1.29 is 38.1 Å². The second kappa shape index (κ2) is 10.7. The first-order valence-electron chi connectivity index (χ1n) is 12.7. The number of Topliss-reactive ketones (excluding diaryl/α,β-unsaturated/α-hetero) is 1. The Morgan fingerprint density at radius 3 is 2.62 bits per heavy atom. The third-order valence-corrected chi connectivity index (χ3v) is 6.96. The number of methoxy groups -OCH3 is 1. The van der Waals surface area contributed by atoms with Crippen molar-refractivity contribution in [1.29, 1.82) is 0 Å². The molecule has 0 bridgehead atoms. The zero-order valence-electron chi connectivity index (χ0n) is 21.0. The highest BCUT2D eigenvalue weighted by Gasteiger charge is 2.36. The van der Waals surface area contributed by atoms with E-state index in [-0.39, 0.29) is 31.1 Å². The summed E-state index contributed by atoms with van der Waals surface area (Å²) in [6.07, 6.45) is 7.10. The number of carbonyl (C=O) groups excluding carboxylic acids is 3. The molecule has 0 fully saturated rings. The van der Waals surface area contributed by atoms with Crippen molar-refractivity contribution in [3.8, 4) is 23.0 Å². The van der Waals surface area contributed by atoms with E-state index in [1.807, 2.05) is 31.2 Å². The minimum Gasteiger partial charge on any atom is -0.495 e. The van der Waals surface area contributed by atoms with Crippen LogP contribution in [0.4, 0.5) is 0 Å². The smallest absolute Gasteiger partial charge is 0.342 e. The number of rotatable bonds is 2.